The Labute approximate surface area is 111 Å². The highest BCUT2D eigenvalue weighted by atomic mass is 32.2. The molecule has 0 aliphatic carbocycles. The van der Waals surface area contributed by atoms with Gasteiger partial charge in [0.1, 0.15) is 4.90 Å². The van der Waals surface area contributed by atoms with Gasteiger partial charge in [0.2, 0.25) is 10.0 Å². The van der Waals surface area contributed by atoms with Gasteiger partial charge in [0.25, 0.3) is 0 Å². The maximum Gasteiger partial charge on any atom is 0.248 e. The molecule has 2 heterocycles. The number of aliphatic hydroxyl groups is 1. The number of anilines is 1. The number of sulfonamides is 1. The van der Waals surface area contributed by atoms with Crippen LogP contribution in [0.25, 0.3) is 0 Å². The van der Waals surface area contributed by atoms with Crippen molar-refractivity contribution in [2.24, 2.45) is 7.05 Å². The van der Waals surface area contributed by atoms with Crippen molar-refractivity contribution in [2.45, 2.75) is 24.0 Å². The Morgan fingerprint density at radius 1 is 1.63 bits per heavy atom. The Morgan fingerprint density at radius 2 is 2.32 bits per heavy atom. The molecule has 2 atom stereocenters. The SMILES string of the molecule is CC1COC(CO)CN1S(=O)(=O)c1cn(C)nc1N. The third-order valence-electron chi connectivity index (χ3n) is 3.06. The molecule has 1 aliphatic rings. The van der Waals surface area contributed by atoms with Gasteiger partial charge in [-0.25, -0.2) is 8.42 Å². The second kappa shape index (κ2) is 5.08. The molecule has 1 fully saturated rings. The van der Waals surface area contributed by atoms with Crippen LogP contribution in [0, 0.1) is 0 Å². The van der Waals surface area contributed by atoms with Gasteiger partial charge < -0.3 is 15.6 Å². The monoisotopic (exact) mass is 290 g/mol. The standard InChI is InChI=1S/C10H18N4O4S/c1-7-6-18-8(5-15)3-14(7)19(16,17)9-4-13(2)12-10(9)11/h4,7-8,15H,3,5-6H2,1-2H3,(H2,11,12). The first-order valence-electron chi connectivity index (χ1n) is 5.89. The number of nitrogens with two attached hydrogens (primary N) is 1. The van der Waals surface area contributed by atoms with E-state index in [1.165, 1.54) is 15.2 Å². The lowest BCUT2D eigenvalue weighted by Gasteiger charge is -2.36. The van der Waals surface area contributed by atoms with E-state index in [2.05, 4.69) is 5.10 Å². The number of aliphatic hydroxyl groups excluding tert-OH is 1. The van der Waals surface area contributed by atoms with Gasteiger partial charge in [-0.05, 0) is 6.92 Å². The fourth-order valence-corrected chi connectivity index (χ4v) is 3.79. The molecule has 1 aliphatic heterocycles. The number of aryl methyl sites for hydroxylation is 1. The van der Waals surface area contributed by atoms with Crippen LogP contribution in [0.15, 0.2) is 11.1 Å². The average molecular weight is 290 g/mol. The third-order valence-corrected chi connectivity index (χ3v) is 5.06. The normalized spacial score (nSPS) is 25.6. The maximum atomic E-state index is 12.5. The predicted octanol–water partition coefficient (Wildman–Crippen LogP) is -1.23. The lowest BCUT2D eigenvalue weighted by atomic mass is 10.2. The summed E-state index contributed by atoms with van der Waals surface area (Å²) in [6.45, 7) is 1.87. The Kier molecular flexibility index (Phi) is 3.81. The lowest BCUT2D eigenvalue weighted by molar-refractivity contribution is -0.0516. The van der Waals surface area contributed by atoms with Crippen LogP contribution in [-0.4, -0.2) is 59.5 Å². The molecule has 1 saturated heterocycles. The molecule has 19 heavy (non-hydrogen) atoms. The van der Waals surface area contributed by atoms with E-state index in [4.69, 9.17) is 15.6 Å². The van der Waals surface area contributed by atoms with E-state index in [1.807, 2.05) is 0 Å². The first kappa shape index (κ1) is 14.3. The maximum absolute atomic E-state index is 12.5. The molecule has 0 bridgehead atoms. The molecule has 8 nitrogen and oxygen atoms in total. The molecule has 0 saturated carbocycles. The quantitative estimate of drug-likeness (QED) is 0.721. The van der Waals surface area contributed by atoms with E-state index in [-0.39, 0.29) is 36.5 Å². The minimum atomic E-state index is -3.73. The van der Waals surface area contributed by atoms with Crippen molar-refractivity contribution >= 4 is 15.8 Å². The van der Waals surface area contributed by atoms with Crippen LogP contribution in [0.3, 0.4) is 0 Å². The Morgan fingerprint density at radius 3 is 2.84 bits per heavy atom. The van der Waals surface area contributed by atoms with Crippen molar-refractivity contribution in [2.75, 3.05) is 25.5 Å². The Hall–Kier alpha value is -1.16. The van der Waals surface area contributed by atoms with Gasteiger partial charge in [-0.2, -0.15) is 9.40 Å². The zero-order chi connectivity index (χ0) is 14.2. The zero-order valence-corrected chi connectivity index (χ0v) is 11.7. The molecule has 0 spiro atoms. The minimum Gasteiger partial charge on any atom is -0.394 e. The number of aromatic nitrogens is 2. The molecule has 9 heteroatoms. The number of nitrogen functional groups attached to an aromatic ring is 1. The van der Waals surface area contributed by atoms with Gasteiger partial charge >= 0.3 is 0 Å². The topological polar surface area (TPSA) is 111 Å². The fourth-order valence-electron chi connectivity index (χ4n) is 2.05. The summed E-state index contributed by atoms with van der Waals surface area (Å²) in [4.78, 5) is -0.0135. The van der Waals surface area contributed by atoms with Crippen LogP contribution >= 0.6 is 0 Å². The molecule has 3 N–H and O–H groups in total. The lowest BCUT2D eigenvalue weighted by Crippen LogP contribution is -2.51. The highest BCUT2D eigenvalue weighted by Crippen LogP contribution is 2.25. The highest BCUT2D eigenvalue weighted by molar-refractivity contribution is 7.89. The first-order chi connectivity index (χ1) is 8.86. The summed E-state index contributed by atoms with van der Waals surface area (Å²) in [6, 6.07) is -0.313. The van der Waals surface area contributed by atoms with Crippen LogP contribution in [0.4, 0.5) is 5.82 Å². The summed E-state index contributed by atoms with van der Waals surface area (Å²) in [5, 5.41) is 12.9. The van der Waals surface area contributed by atoms with Crippen molar-refractivity contribution in [3.63, 3.8) is 0 Å². The minimum absolute atomic E-state index is 0.0135. The number of morpholine rings is 1. The molecule has 0 radical (unpaired) electrons. The predicted molar refractivity (Wildman–Crippen MR) is 67.8 cm³/mol. The second-order valence-corrected chi connectivity index (χ2v) is 6.47. The van der Waals surface area contributed by atoms with Gasteiger partial charge in [-0.3, -0.25) is 4.68 Å². The van der Waals surface area contributed by atoms with Crippen molar-refractivity contribution in [1.29, 1.82) is 0 Å². The molecule has 1 aromatic rings. The van der Waals surface area contributed by atoms with Crippen molar-refractivity contribution in [1.82, 2.24) is 14.1 Å². The third kappa shape index (κ3) is 2.59. The second-order valence-electron chi connectivity index (χ2n) is 4.61. The van der Waals surface area contributed by atoms with E-state index in [0.29, 0.717) is 0 Å². The summed E-state index contributed by atoms with van der Waals surface area (Å²) in [7, 11) is -2.12. The Bertz CT molecular complexity index is 556. The smallest absolute Gasteiger partial charge is 0.248 e. The van der Waals surface area contributed by atoms with Crippen LogP contribution in [0.1, 0.15) is 6.92 Å². The molecule has 0 amide bonds. The number of rotatable bonds is 3. The van der Waals surface area contributed by atoms with Gasteiger partial charge in [-0.15, -0.1) is 0 Å². The van der Waals surface area contributed by atoms with Gasteiger partial charge in [0, 0.05) is 25.8 Å². The first-order valence-corrected chi connectivity index (χ1v) is 7.33. The fraction of sp³-hybridized carbons (Fsp3) is 0.700. The van der Waals surface area contributed by atoms with Crippen molar-refractivity contribution in [3.05, 3.63) is 6.20 Å². The van der Waals surface area contributed by atoms with Crippen LogP contribution in [0.5, 0.6) is 0 Å². The van der Waals surface area contributed by atoms with Crippen LogP contribution in [0.2, 0.25) is 0 Å². The number of nitrogens with zero attached hydrogens (tertiary/aromatic N) is 3. The summed E-state index contributed by atoms with van der Waals surface area (Å²) < 4.78 is 33.1. The Balaban J connectivity index is 2.35. The highest BCUT2D eigenvalue weighted by Gasteiger charge is 2.37. The van der Waals surface area contributed by atoms with E-state index in [9.17, 15) is 8.42 Å². The zero-order valence-electron chi connectivity index (χ0n) is 10.9. The summed E-state index contributed by atoms with van der Waals surface area (Å²) in [6.07, 6.45) is 0.865. The van der Waals surface area contributed by atoms with Crippen LogP contribution in [-0.2, 0) is 21.8 Å². The molecule has 1 aromatic heterocycles. The number of ether oxygens (including phenoxy) is 1. The van der Waals surface area contributed by atoms with Crippen molar-refractivity contribution < 1.29 is 18.3 Å². The average Bonchev–Trinajstić information content (AvgIpc) is 2.69. The van der Waals surface area contributed by atoms with E-state index in [0.717, 1.165) is 0 Å². The summed E-state index contributed by atoms with van der Waals surface area (Å²) in [5.41, 5.74) is 5.63. The van der Waals surface area contributed by atoms with E-state index < -0.39 is 16.1 Å². The van der Waals surface area contributed by atoms with Gasteiger partial charge in [0.05, 0.1) is 19.3 Å². The molecular formula is C10H18N4O4S. The molecule has 2 unspecified atom stereocenters. The molecule has 108 valence electrons. The van der Waals surface area contributed by atoms with Gasteiger partial charge in [-0.1, -0.05) is 0 Å². The molecule has 0 aromatic carbocycles. The largest absolute Gasteiger partial charge is 0.394 e. The van der Waals surface area contributed by atoms with Gasteiger partial charge in [0.15, 0.2) is 5.82 Å². The van der Waals surface area contributed by atoms with E-state index in [1.54, 1.807) is 14.0 Å². The number of hydrogen-bond donors (Lipinski definition) is 2. The van der Waals surface area contributed by atoms with Crippen molar-refractivity contribution in [3.8, 4) is 0 Å². The number of hydrogen-bond acceptors (Lipinski definition) is 6. The summed E-state index contributed by atoms with van der Waals surface area (Å²) in [5.74, 6) is -0.0262. The molecule has 2 rings (SSSR count). The van der Waals surface area contributed by atoms with E-state index >= 15 is 0 Å². The summed E-state index contributed by atoms with van der Waals surface area (Å²) >= 11 is 0. The molecular weight excluding hydrogens is 272 g/mol. The van der Waals surface area contributed by atoms with Crippen LogP contribution < -0.4 is 5.73 Å².